The Hall–Kier alpha value is -1.29. The molecule has 4 heteroatoms. The Balaban J connectivity index is 3.04. The van der Waals surface area contributed by atoms with Crippen LogP contribution in [0.15, 0.2) is 34.8 Å². The Kier molecular flexibility index (Phi) is 4.12. The summed E-state index contributed by atoms with van der Waals surface area (Å²) in [4.78, 5) is 12.9. The predicted molar refractivity (Wildman–Crippen MR) is 69.2 cm³/mol. The summed E-state index contributed by atoms with van der Waals surface area (Å²) in [5.41, 5.74) is 2.16. The van der Waals surface area contributed by atoms with Gasteiger partial charge in [0, 0.05) is 23.8 Å². The smallest absolute Gasteiger partial charge is 0.335 e. The van der Waals surface area contributed by atoms with E-state index in [2.05, 4.69) is 22.5 Å². The van der Waals surface area contributed by atoms with Crippen molar-refractivity contribution in [3.8, 4) is 0 Å². The number of benzene rings is 1. The molecule has 1 rings (SSSR count). The van der Waals surface area contributed by atoms with Crippen LogP contribution in [-0.4, -0.2) is 24.7 Å². The third-order valence-corrected chi connectivity index (χ3v) is 2.54. The van der Waals surface area contributed by atoms with E-state index in [1.165, 1.54) is 0 Å². The second-order valence-corrected chi connectivity index (χ2v) is 4.73. The number of likely N-dealkylation sites (N-methyl/N-ethyl adjacent to an activating group) is 1. The maximum atomic E-state index is 10.9. The molecule has 0 amide bonds. The Morgan fingerprint density at radius 2 is 2.12 bits per heavy atom. The number of hydrogen-bond donors (Lipinski definition) is 1. The molecular formula is C12H14BrNO2. The molecule has 0 heterocycles. The first-order valence-electron chi connectivity index (χ1n) is 4.79. The molecule has 3 nitrogen and oxygen atoms in total. The van der Waals surface area contributed by atoms with Gasteiger partial charge in [-0.1, -0.05) is 28.1 Å². The van der Waals surface area contributed by atoms with E-state index in [1.54, 1.807) is 12.1 Å². The summed E-state index contributed by atoms with van der Waals surface area (Å²) in [6.45, 7) is 6.47. The molecule has 0 spiro atoms. The second kappa shape index (κ2) is 5.16. The van der Waals surface area contributed by atoms with Crippen LogP contribution in [0.25, 0.3) is 0 Å². The van der Waals surface area contributed by atoms with E-state index in [0.717, 1.165) is 15.7 Å². The van der Waals surface area contributed by atoms with Gasteiger partial charge >= 0.3 is 5.97 Å². The standard InChI is InChI=1S/C12H14BrNO2/c1-8(2)7-14(3)11-5-9(12(15)16)4-10(13)6-11/h4-6H,1,7H2,2-3H3,(H,15,16). The number of hydrogen-bond acceptors (Lipinski definition) is 2. The first-order valence-corrected chi connectivity index (χ1v) is 5.59. The molecule has 0 atom stereocenters. The van der Waals surface area contributed by atoms with Crippen molar-refractivity contribution in [3.63, 3.8) is 0 Å². The average molecular weight is 284 g/mol. The van der Waals surface area contributed by atoms with Gasteiger partial charge in [-0.2, -0.15) is 0 Å². The summed E-state index contributed by atoms with van der Waals surface area (Å²) in [5, 5.41) is 8.94. The zero-order valence-corrected chi connectivity index (χ0v) is 10.9. The third-order valence-electron chi connectivity index (χ3n) is 2.08. The van der Waals surface area contributed by atoms with E-state index in [4.69, 9.17) is 5.11 Å². The maximum absolute atomic E-state index is 10.9. The van der Waals surface area contributed by atoms with Crippen molar-refractivity contribution < 1.29 is 9.90 Å². The minimum Gasteiger partial charge on any atom is -0.478 e. The number of carboxylic acids is 1. The van der Waals surface area contributed by atoms with Crippen LogP contribution in [-0.2, 0) is 0 Å². The maximum Gasteiger partial charge on any atom is 0.335 e. The molecule has 0 saturated heterocycles. The highest BCUT2D eigenvalue weighted by molar-refractivity contribution is 9.10. The topological polar surface area (TPSA) is 40.5 Å². The van der Waals surface area contributed by atoms with Crippen LogP contribution in [0.3, 0.4) is 0 Å². The van der Waals surface area contributed by atoms with Crippen molar-refractivity contribution in [2.45, 2.75) is 6.92 Å². The molecule has 86 valence electrons. The number of rotatable bonds is 4. The van der Waals surface area contributed by atoms with Crippen molar-refractivity contribution in [1.29, 1.82) is 0 Å². The Bertz CT molecular complexity index is 429. The lowest BCUT2D eigenvalue weighted by Gasteiger charge is -2.20. The lowest BCUT2D eigenvalue weighted by Crippen LogP contribution is -2.19. The van der Waals surface area contributed by atoms with E-state index in [9.17, 15) is 4.79 Å². The van der Waals surface area contributed by atoms with Gasteiger partial charge in [0.15, 0.2) is 0 Å². The third kappa shape index (κ3) is 3.38. The number of aromatic carboxylic acids is 1. The van der Waals surface area contributed by atoms with Gasteiger partial charge in [0.2, 0.25) is 0 Å². The predicted octanol–water partition coefficient (Wildman–Crippen LogP) is 3.16. The molecule has 0 bridgehead atoms. The Labute approximate surface area is 104 Å². The average Bonchev–Trinajstić information content (AvgIpc) is 2.15. The van der Waals surface area contributed by atoms with Crippen LogP contribution in [0.2, 0.25) is 0 Å². The number of carbonyl (C=O) groups is 1. The molecule has 0 aliphatic rings. The zero-order chi connectivity index (χ0) is 12.3. The fourth-order valence-electron chi connectivity index (χ4n) is 1.41. The van der Waals surface area contributed by atoms with Crippen LogP contribution < -0.4 is 4.90 Å². The fraction of sp³-hybridized carbons (Fsp3) is 0.250. The van der Waals surface area contributed by atoms with Gasteiger partial charge in [-0.25, -0.2) is 4.79 Å². The molecular weight excluding hydrogens is 270 g/mol. The van der Waals surface area contributed by atoms with Crippen LogP contribution in [0.5, 0.6) is 0 Å². The van der Waals surface area contributed by atoms with Crippen molar-refractivity contribution in [1.82, 2.24) is 0 Å². The molecule has 1 aromatic rings. The number of halogens is 1. The lowest BCUT2D eigenvalue weighted by molar-refractivity contribution is 0.0697. The van der Waals surface area contributed by atoms with Gasteiger partial charge in [0.25, 0.3) is 0 Å². The zero-order valence-electron chi connectivity index (χ0n) is 9.33. The summed E-state index contributed by atoms with van der Waals surface area (Å²) >= 11 is 3.30. The van der Waals surface area contributed by atoms with Crippen molar-refractivity contribution in [2.24, 2.45) is 0 Å². The molecule has 0 radical (unpaired) electrons. The Morgan fingerprint density at radius 1 is 1.50 bits per heavy atom. The summed E-state index contributed by atoms with van der Waals surface area (Å²) in [7, 11) is 1.90. The number of nitrogens with zero attached hydrogens (tertiary/aromatic N) is 1. The molecule has 1 aromatic carbocycles. The van der Waals surface area contributed by atoms with Gasteiger partial charge in [-0.3, -0.25) is 0 Å². The summed E-state index contributed by atoms with van der Waals surface area (Å²) in [6, 6.07) is 5.12. The Morgan fingerprint density at radius 3 is 2.62 bits per heavy atom. The van der Waals surface area contributed by atoms with Gasteiger partial charge < -0.3 is 10.0 Å². The summed E-state index contributed by atoms with van der Waals surface area (Å²) in [5.74, 6) is -0.925. The van der Waals surface area contributed by atoms with Crippen LogP contribution in [0.1, 0.15) is 17.3 Å². The summed E-state index contributed by atoms with van der Waals surface area (Å²) in [6.07, 6.45) is 0. The van der Waals surface area contributed by atoms with Crippen molar-refractivity contribution >= 4 is 27.6 Å². The molecule has 16 heavy (non-hydrogen) atoms. The lowest BCUT2D eigenvalue weighted by atomic mass is 10.2. The van der Waals surface area contributed by atoms with Gasteiger partial charge in [-0.05, 0) is 25.1 Å². The molecule has 0 saturated carbocycles. The highest BCUT2D eigenvalue weighted by Gasteiger charge is 2.08. The van der Waals surface area contributed by atoms with E-state index in [0.29, 0.717) is 6.54 Å². The molecule has 0 aliphatic carbocycles. The van der Waals surface area contributed by atoms with Crippen LogP contribution in [0, 0.1) is 0 Å². The first kappa shape index (κ1) is 12.8. The van der Waals surface area contributed by atoms with E-state index < -0.39 is 5.97 Å². The number of carboxylic acid groups (broad SMARTS) is 1. The van der Waals surface area contributed by atoms with E-state index >= 15 is 0 Å². The quantitative estimate of drug-likeness (QED) is 0.863. The minimum atomic E-state index is -0.925. The van der Waals surface area contributed by atoms with Crippen molar-refractivity contribution in [2.75, 3.05) is 18.5 Å². The second-order valence-electron chi connectivity index (χ2n) is 3.82. The van der Waals surface area contributed by atoms with E-state index in [1.807, 2.05) is 24.9 Å². The molecule has 0 aromatic heterocycles. The number of anilines is 1. The highest BCUT2D eigenvalue weighted by Crippen LogP contribution is 2.22. The minimum absolute atomic E-state index is 0.276. The first-order chi connectivity index (χ1) is 7.40. The van der Waals surface area contributed by atoms with Gasteiger partial charge in [0.05, 0.1) is 5.56 Å². The summed E-state index contributed by atoms with van der Waals surface area (Å²) < 4.78 is 0.760. The molecule has 1 N–H and O–H groups in total. The van der Waals surface area contributed by atoms with E-state index in [-0.39, 0.29) is 5.56 Å². The SMILES string of the molecule is C=C(C)CN(C)c1cc(Br)cc(C(=O)O)c1. The van der Waals surface area contributed by atoms with Crippen LogP contribution in [0.4, 0.5) is 5.69 Å². The van der Waals surface area contributed by atoms with Gasteiger partial charge in [0.1, 0.15) is 0 Å². The van der Waals surface area contributed by atoms with Crippen LogP contribution >= 0.6 is 15.9 Å². The molecule has 0 aliphatic heterocycles. The fourth-order valence-corrected chi connectivity index (χ4v) is 1.90. The highest BCUT2D eigenvalue weighted by atomic mass is 79.9. The molecule has 0 fully saturated rings. The van der Waals surface area contributed by atoms with Crippen molar-refractivity contribution in [3.05, 3.63) is 40.4 Å². The monoisotopic (exact) mass is 283 g/mol. The largest absolute Gasteiger partial charge is 0.478 e. The molecule has 0 unspecified atom stereocenters. The van der Waals surface area contributed by atoms with Gasteiger partial charge in [-0.15, -0.1) is 0 Å². The normalized spacial score (nSPS) is 9.94.